The maximum Gasteiger partial charge on any atom is 0.222 e. The van der Waals surface area contributed by atoms with Crippen LogP contribution in [0.25, 0.3) is 0 Å². The van der Waals surface area contributed by atoms with E-state index in [1.165, 1.54) is 6.92 Å². The summed E-state index contributed by atoms with van der Waals surface area (Å²) < 4.78 is 11.2. The number of hydrogen-bond donors (Lipinski definition) is 2. The molecule has 1 heterocycles. The zero-order valence-electron chi connectivity index (χ0n) is 16.5. The minimum atomic E-state index is -0.428. The van der Waals surface area contributed by atoms with Crippen LogP contribution in [0.4, 0.5) is 0 Å². The normalized spacial score (nSPS) is 14.6. The van der Waals surface area contributed by atoms with E-state index in [0.29, 0.717) is 24.0 Å². The van der Waals surface area contributed by atoms with Gasteiger partial charge >= 0.3 is 0 Å². The number of fused-ring (bicyclic) bond motifs is 1. The van der Waals surface area contributed by atoms with Gasteiger partial charge in [-0.15, -0.1) is 0 Å². The Morgan fingerprint density at radius 3 is 2.28 bits per heavy atom. The van der Waals surface area contributed by atoms with Gasteiger partial charge in [0.25, 0.3) is 0 Å². The Bertz CT molecular complexity index is 870. The Kier molecular flexibility index (Phi) is 6.99. The van der Waals surface area contributed by atoms with E-state index in [-0.39, 0.29) is 24.3 Å². The Balaban J connectivity index is 1.70. The zero-order valence-corrected chi connectivity index (χ0v) is 17.3. The maximum absolute atomic E-state index is 12.8. The molecule has 6 nitrogen and oxygen atoms in total. The van der Waals surface area contributed by atoms with Crippen LogP contribution in [-0.4, -0.2) is 25.0 Å². The van der Waals surface area contributed by atoms with Gasteiger partial charge in [-0.1, -0.05) is 36.7 Å². The predicted molar refractivity (Wildman–Crippen MR) is 111 cm³/mol. The van der Waals surface area contributed by atoms with Crippen molar-refractivity contribution in [3.63, 3.8) is 0 Å². The molecular weight excluding hydrogens is 392 g/mol. The first-order chi connectivity index (χ1) is 14.0. The summed E-state index contributed by atoms with van der Waals surface area (Å²) in [5.74, 6) is 1.06. The number of hydrogen-bond acceptors (Lipinski definition) is 4. The highest BCUT2D eigenvalue weighted by Gasteiger charge is 2.21. The highest BCUT2D eigenvalue weighted by atomic mass is 35.5. The second kappa shape index (κ2) is 9.65. The molecule has 2 unspecified atom stereocenters. The van der Waals surface area contributed by atoms with Crippen LogP contribution in [0.3, 0.4) is 0 Å². The van der Waals surface area contributed by atoms with Crippen molar-refractivity contribution >= 4 is 23.4 Å². The molecule has 0 saturated carbocycles. The topological polar surface area (TPSA) is 76.7 Å². The lowest BCUT2D eigenvalue weighted by Crippen LogP contribution is -2.34. The van der Waals surface area contributed by atoms with E-state index in [9.17, 15) is 9.59 Å². The van der Waals surface area contributed by atoms with E-state index in [1.54, 1.807) is 12.1 Å². The number of carbonyl (C=O) groups excluding carboxylic acids is 2. The number of amides is 2. The Hall–Kier alpha value is -2.73. The van der Waals surface area contributed by atoms with E-state index in [4.69, 9.17) is 21.1 Å². The monoisotopic (exact) mass is 416 g/mol. The molecule has 0 spiro atoms. The highest BCUT2D eigenvalue weighted by molar-refractivity contribution is 6.30. The minimum Gasteiger partial charge on any atom is -0.486 e. The highest BCUT2D eigenvalue weighted by Crippen LogP contribution is 2.33. The zero-order chi connectivity index (χ0) is 20.8. The Labute approximate surface area is 175 Å². The van der Waals surface area contributed by atoms with E-state index in [2.05, 4.69) is 10.6 Å². The fourth-order valence-electron chi connectivity index (χ4n) is 3.33. The molecule has 29 heavy (non-hydrogen) atoms. The van der Waals surface area contributed by atoms with Gasteiger partial charge in [0.1, 0.15) is 13.2 Å². The van der Waals surface area contributed by atoms with Crippen LogP contribution in [0.2, 0.25) is 5.02 Å². The SMILES string of the molecule is CCC(NC(=O)CC(NC(C)=O)c1ccc(Cl)cc1)c1ccc2c(c1)OCCO2. The van der Waals surface area contributed by atoms with Gasteiger partial charge in [-0.25, -0.2) is 0 Å². The number of ether oxygens (including phenoxy) is 2. The van der Waals surface area contributed by atoms with Gasteiger partial charge in [-0.2, -0.15) is 0 Å². The molecular formula is C22H25ClN2O4. The number of halogens is 1. The van der Waals surface area contributed by atoms with Gasteiger partial charge in [-0.05, 0) is 41.8 Å². The summed E-state index contributed by atoms with van der Waals surface area (Å²) in [4.78, 5) is 24.4. The number of benzene rings is 2. The quantitative estimate of drug-likeness (QED) is 0.716. The fourth-order valence-corrected chi connectivity index (χ4v) is 3.46. The third kappa shape index (κ3) is 5.64. The van der Waals surface area contributed by atoms with Gasteiger partial charge in [0.05, 0.1) is 18.5 Å². The number of rotatable bonds is 7. The lowest BCUT2D eigenvalue weighted by Gasteiger charge is -2.24. The van der Waals surface area contributed by atoms with Gasteiger partial charge in [0, 0.05) is 11.9 Å². The molecule has 0 aromatic heterocycles. The number of nitrogens with one attached hydrogen (secondary N) is 2. The molecule has 0 aliphatic carbocycles. The Morgan fingerprint density at radius 1 is 0.966 bits per heavy atom. The van der Waals surface area contributed by atoms with Crippen molar-refractivity contribution in [3.05, 3.63) is 58.6 Å². The van der Waals surface area contributed by atoms with Crippen LogP contribution < -0.4 is 20.1 Å². The van der Waals surface area contributed by atoms with Crippen molar-refractivity contribution in [3.8, 4) is 11.5 Å². The molecule has 0 saturated heterocycles. The van der Waals surface area contributed by atoms with Gasteiger partial charge in [0.2, 0.25) is 11.8 Å². The van der Waals surface area contributed by atoms with Crippen molar-refractivity contribution in [2.75, 3.05) is 13.2 Å². The fraction of sp³-hybridized carbons (Fsp3) is 0.364. The van der Waals surface area contributed by atoms with E-state index < -0.39 is 6.04 Å². The first kappa shape index (κ1) is 21.0. The summed E-state index contributed by atoms with van der Waals surface area (Å²) in [6.07, 6.45) is 0.847. The second-order valence-electron chi connectivity index (χ2n) is 6.94. The molecule has 3 rings (SSSR count). The standard InChI is InChI=1S/C22H25ClN2O4/c1-3-18(16-6-9-20-21(12-16)29-11-10-28-20)25-22(27)13-19(24-14(2)26)15-4-7-17(23)8-5-15/h4-9,12,18-19H,3,10-11,13H2,1-2H3,(H,24,26)(H,25,27). The average molecular weight is 417 g/mol. The second-order valence-corrected chi connectivity index (χ2v) is 7.38. The molecule has 0 radical (unpaired) electrons. The van der Waals surface area contributed by atoms with E-state index >= 15 is 0 Å². The van der Waals surface area contributed by atoms with Crippen LogP contribution in [0.15, 0.2) is 42.5 Å². The van der Waals surface area contributed by atoms with Gasteiger partial charge < -0.3 is 20.1 Å². The van der Waals surface area contributed by atoms with Gasteiger partial charge in [0.15, 0.2) is 11.5 Å². The molecule has 7 heteroatoms. The summed E-state index contributed by atoms with van der Waals surface area (Å²) in [6.45, 7) is 4.49. The summed E-state index contributed by atoms with van der Waals surface area (Å²) in [5, 5.41) is 6.50. The molecule has 1 aliphatic heterocycles. The summed E-state index contributed by atoms with van der Waals surface area (Å²) in [5.41, 5.74) is 1.78. The van der Waals surface area contributed by atoms with Crippen molar-refractivity contribution in [2.45, 2.75) is 38.8 Å². The Morgan fingerprint density at radius 2 is 1.62 bits per heavy atom. The molecule has 2 amide bonds. The summed E-state index contributed by atoms with van der Waals surface area (Å²) >= 11 is 5.95. The molecule has 2 aromatic rings. The van der Waals surface area contributed by atoms with Crippen LogP contribution >= 0.6 is 11.6 Å². The van der Waals surface area contributed by atoms with Crippen LogP contribution in [-0.2, 0) is 9.59 Å². The maximum atomic E-state index is 12.8. The molecule has 2 N–H and O–H groups in total. The first-order valence-corrected chi connectivity index (χ1v) is 10.1. The molecule has 0 fully saturated rings. The van der Waals surface area contributed by atoms with Crippen LogP contribution in [0.1, 0.15) is 49.9 Å². The smallest absolute Gasteiger partial charge is 0.222 e. The van der Waals surface area contributed by atoms with Crippen molar-refractivity contribution < 1.29 is 19.1 Å². The van der Waals surface area contributed by atoms with Crippen LogP contribution in [0, 0.1) is 0 Å². The van der Waals surface area contributed by atoms with Crippen LogP contribution in [0.5, 0.6) is 11.5 Å². The third-order valence-electron chi connectivity index (χ3n) is 4.75. The first-order valence-electron chi connectivity index (χ1n) is 9.67. The average Bonchev–Trinajstić information content (AvgIpc) is 2.71. The largest absolute Gasteiger partial charge is 0.486 e. The number of carbonyl (C=O) groups is 2. The van der Waals surface area contributed by atoms with Crippen molar-refractivity contribution in [1.29, 1.82) is 0 Å². The minimum absolute atomic E-state index is 0.127. The summed E-state index contributed by atoms with van der Waals surface area (Å²) in [6, 6.07) is 12.2. The molecule has 0 bridgehead atoms. The van der Waals surface area contributed by atoms with E-state index in [1.807, 2.05) is 37.3 Å². The molecule has 2 aromatic carbocycles. The third-order valence-corrected chi connectivity index (χ3v) is 5.00. The van der Waals surface area contributed by atoms with E-state index in [0.717, 1.165) is 23.3 Å². The predicted octanol–water partition coefficient (Wildman–Crippen LogP) is 3.95. The molecule has 154 valence electrons. The molecule has 2 atom stereocenters. The lowest BCUT2D eigenvalue weighted by atomic mass is 10.0. The summed E-state index contributed by atoms with van der Waals surface area (Å²) in [7, 11) is 0. The lowest BCUT2D eigenvalue weighted by molar-refractivity contribution is -0.123. The van der Waals surface area contributed by atoms with Crippen molar-refractivity contribution in [2.24, 2.45) is 0 Å². The van der Waals surface area contributed by atoms with Crippen molar-refractivity contribution in [1.82, 2.24) is 10.6 Å². The molecule has 1 aliphatic rings. The van der Waals surface area contributed by atoms with Gasteiger partial charge in [-0.3, -0.25) is 9.59 Å².